The highest BCUT2D eigenvalue weighted by Gasteiger charge is 2.18. The minimum atomic E-state index is 0.782. The Hall–Kier alpha value is -5.00. The molecule has 0 fully saturated rings. The first kappa shape index (κ1) is 27.8. The van der Waals surface area contributed by atoms with Gasteiger partial charge in [0.15, 0.2) is 0 Å². The van der Waals surface area contributed by atoms with E-state index in [1.807, 2.05) is 33.9 Å². The van der Waals surface area contributed by atoms with Crippen molar-refractivity contribution in [2.24, 2.45) is 4.99 Å². The molecule has 0 saturated carbocycles. The molecule has 222 valence electrons. The van der Waals surface area contributed by atoms with Crippen molar-refractivity contribution in [3.05, 3.63) is 84.2 Å². The van der Waals surface area contributed by atoms with E-state index < -0.39 is 0 Å². The average Bonchev–Trinajstić information content (AvgIpc) is 3.84. The molecule has 44 heavy (non-hydrogen) atoms. The third-order valence-corrected chi connectivity index (χ3v) is 7.89. The maximum absolute atomic E-state index is 4.94. The summed E-state index contributed by atoms with van der Waals surface area (Å²) < 4.78 is 3.78. The van der Waals surface area contributed by atoms with E-state index in [4.69, 9.17) is 9.98 Å². The van der Waals surface area contributed by atoms with Crippen LogP contribution in [0.4, 0.5) is 5.69 Å². The molecule has 0 unspecified atom stereocenters. The van der Waals surface area contributed by atoms with Gasteiger partial charge in [0.05, 0.1) is 47.9 Å². The number of hydrogen-bond donors (Lipinski definition) is 1. The fourth-order valence-corrected chi connectivity index (χ4v) is 5.34. The van der Waals surface area contributed by atoms with Crippen LogP contribution in [0.2, 0.25) is 0 Å². The summed E-state index contributed by atoms with van der Waals surface area (Å²) in [6.45, 7) is 3.44. The van der Waals surface area contributed by atoms with Crippen LogP contribution in [0.25, 0.3) is 44.9 Å². The zero-order valence-corrected chi connectivity index (χ0v) is 25.4. The Bertz CT molecular complexity index is 1960. The summed E-state index contributed by atoms with van der Waals surface area (Å²) in [6, 6.07) is 21.0. The molecule has 6 aromatic rings. The number of benzene rings is 3. The van der Waals surface area contributed by atoms with Crippen LogP contribution in [-0.4, -0.2) is 96.7 Å². The van der Waals surface area contributed by atoms with E-state index >= 15 is 0 Å². The summed E-state index contributed by atoms with van der Waals surface area (Å²) in [5.41, 5.74) is 11.1. The van der Waals surface area contributed by atoms with E-state index in [0.29, 0.717) is 0 Å². The first-order chi connectivity index (χ1) is 21.4. The van der Waals surface area contributed by atoms with E-state index in [0.717, 1.165) is 94.5 Å². The molecule has 0 bridgehead atoms. The van der Waals surface area contributed by atoms with Crippen LogP contribution in [0.3, 0.4) is 0 Å². The summed E-state index contributed by atoms with van der Waals surface area (Å²) in [5, 5.41) is 17.3. The van der Waals surface area contributed by atoms with Crippen molar-refractivity contribution in [2.75, 3.05) is 41.3 Å². The van der Waals surface area contributed by atoms with Crippen LogP contribution >= 0.6 is 0 Å². The number of aromatic amines is 1. The predicted molar refractivity (Wildman–Crippen MR) is 173 cm³/mol. The first-order valence-electron chi connectivity index (χ1n) is 14.8. The van der Waals surface area contributed by atoms with Crippen LogP contribution in [0, 0.1) is 0 Å². The minimum absolute atomic E-state index is 0.782. The maximum atomic E-state index is 4.94. The molecule has 11 heteroatoms. The van der Waals surface area contributed by atoms with E-state index in [2.05, 4.69) is 112 Å². The average molecular weight is 586 g/mol. The molecule has 4 heterocycles. The molecule has 11 nitrogen and oxygen atoms in total. The highest BCUT2D eigenvalue weighted by Crippen LogP contribution is 2.33. The summed E-state index contributed by atoms with van der Waals surface area (Å²) in [6.07, 6.45) is 4.78. The fraction of sp³-hybridized carbons (Fsp3) is 0.273. The van der Waals surface area contributed by atoms with Crippen molar-refractivity contribution in [3.63, 3.8) is 0 Å². The second kappa shape index (κ2) is 11.6. The molecule has 7 rings (SSSR count). The molecule has 0 saturated heterocycles. The van der Waals surface area contributed by atoms with Crippen molar-refractivity contribution in [1.82, 2.24) is 49.8 Å². The van der Waals surface area contributed by atoms with Gasteiger partial charge in [-0.1, -0.05) is 46.8 Å². The lowest BCUT2D eigenvalue weighted by Crippen LogP contribution is -2.18. The van der Waals surface area contributed by atoms with Crippen molar-refractivity contribution in [2.45, 2.75) is 19.5 Å². The number of likely N-dealkylation sites (N-methyl/N-ethyl adjacent to an activating group) is 2. The molecule has 3 aromatic carbocycles. The SMILES string of the molecule is CN(C)CCn1cc(-c2ccc3c(c2)CC(c2ccc(-c4nc5ccc(-c6cn(CCN(C)C)nn6)cc5[nH]4)cc2)=N3)nn1. The Morgan fingerprint density at radius 3 is 1.95 bits per heavy atom. The van der Waals surface area contributed by atoms with Gasteiger partial charge in [-0.05, 0) is 63.6 Å². The molecular weight excluding hydrogens is 550 g/mol. The third kappa shape index (κ3) is 5.79. The highest BCUT2D eigenvalue weighted by atomic mass is 15.4. The second-order valence-corrected chi connectivity index (χ2v) is 11.8. The molecule has 0 radical (unpaired) electrons. The number of rotatable bonds is 10. The van der Waals surface area contributed by atoms with Crippen LogP contribution in [0.1, 0.15) is 11.1 Å². The van der Waals surface area contributed by atoms with Gasteiger partial charge in [0.2, 0.25) is 0 Å². The standard InChI is InChI=1S/C33H35N11/c1-41(2)13-15-43-20-31(37-39-43)24-9-11-27-26(17-24)19-29(34-27)22-5-7-23(8-6-22)33-35-28-12-10-25(18-30(28)36-33)32-21-44(40-38-32)16-14-42(3)4/h5-12,17-18,20-21H,13-16,19H2,1-4H3,(H,35,36). The summed E-state index contributed by atoms with van der Waals surface area (Å²) in [7, 11) is 8.22. The lowest BCUT2D eigenvalue weighted by atomic mass is 10.0. The van der Waals surface area contributed by atoms with Gasteiger partial charge in [-0.3, -0.25) is 14.4 Å². The molecule has 0 aliphatic carbocycles. The van der Waals surface area contributed by atoms with Crippen LogP contribution < -0.4 is 0 Å². The zero-order valence-electron chi connectivity index (χ0n) is 25.4. The summed E-state index contributed by atoms with van der Waals surface area (Å²) >= 11 is 0. The van der Waals surface area contributed by atoms with E-state index in [9.17, 15) is 0 Å². The molecule has 1 aliphatic rings. The molecule has 0 spiro atoms. The zero-order chi connectivity index (χ0) is 30.2. The van der Waals surface area contributed by atoms with Crippen LogP contribution in [0.15, 0.2) is 78.0 Å². The van der Waals surface area contributed by atoms with Crippen molar-refractivity contribution >= 4 is 22.4 Å². The molecular formula is C33H35N11. The second-order valence-electron chi connectivity index (χ2n) is 11.8. The number of fused-ring (bicyclic) bond motifs is 2. The van der Waals surface area contributed by atoms with Gasteiger partial charge in [-0.2, -0.15) is 0 Å². The number of imidazole rings is 1. The maximum Gasteiger partial charge on any atom is 0.138 e. The Balaban J connectivity index is 1.04. The predicted octanol–water partition coefficient (Wildman–Crippen LogP) is 4.55. The van der Waals surface area contributed by atoms with Crippen molar-refractivity contribution in [1.29, 1.82) is 0 Å². The van der Waals surface area contributed by atoms with Gasteiger partial charge >= 0.3 is 0 Å². The van der Waals surface area contributed by atoms with Crippen molar-refractivity contribution < 1.29 is 0 Å². The topological polar surface area (TPSA) is 109 Å². The minimum Gasteiger partial charge on any atom is -0.338 e. The third-order valence-electron chi connectivity index (χ3n) is 7.89. The monoisotopic (exact) mass is 585 g/mol. The van der Waals surface area contributed by atoms with Gasteiger partial charge in [0.1, 0.15) is 17.2 Å². The lowest BCUT2D eigenvalue weighted by Gasteiger charge is -2.07. The number of hydrogen-bond acceptors (Lipinski definition) is 8. The molecule has 3 aromatic heterocycles. The summed E-state index contributed by atoms with van der Waals surface area (Å²) in [5.74, 6) is 0.832. The van der Waals surface area contributed by atoms with Crippen molar-refractivity contribution in [3.8, 4) is 33.9 Å². The van der Waals surface area contributed by atoms with E-state index in [-0.39, 0.29) is 0 Å². The van der Waals surface area contributed by atoms with Gasteiger partial charge in [-0.15, -0.1) is 10.2 Å². The van der Waals surface area contributed by atoms with Gasteiger partial charge in [0, 0.05) is 36.2 Å². The van der Waals surface area contributed by atoms with E-state index in [1.54, 1.807) is 0 Å². The number of aromatic nitrogens is 8. The van der Waals surface area contributed by atoms with Crippen LogP contribution in [-0.2, 0) is 19.5 Å². The van der Waals surface area contributed by atoms with Gasteiger partial charge in [-0.25, -0.2) is 4.98 Å². The largest absolute Gasteiger partial charge is 0.338 e. The Labute approximate surface area is 255 Å². The molecule has 1 aliphatic heterocycles. The Morgan fingerprint density at radius 1 is 0.705 bits per heavy atom. The number of H-pyrrole nitrogens is 1. The smallest absolute Gasteiger partial charge is 0.138 e. The fourth-order valence-electron chi connectivity index (χ4n) is 5.34. The van der Waals surface area contributed by atoms with Crippen LogP contribution in [0.5, 0.6) is 0 Å². The quantitative estimate of drug-likeness (QED) is 0.251. The first-order valence-corrected chi connectivity index (χ1v) is 14.8. The molecule has 0 amide bonds. The number of nitrogens with one attached hydrogen (secondary N) is 1. The highest BCUT2D eigenvalue weighted by molar-refractivity contribution is 6.07. The normalized spacial score (nSPS) is 12.9. The van der Waals surface area contributed by atoms with E-state index in [1.165, 1.54) is 5.56 Å². The van der Waals surface area contributed by atoms with Gasteiger partial charge < -0.3 is 14.8 Å². The van der Waals surface area contributed by atoms with Gasteiger partial charge in [0.25, 0.3) is 0 Å². The Kier molecular flexibility index (Phi) is 7.32. The Morgan fingerprint density at radius 2 is 1.30 bits per heavy atom. The number of nitrogens with zero attached hydrogens (tertiary/aromatic N) is 10. The lowest BCUT2D eigenvalue weighted by molar-refractivity contribution is 0.370. The number of aliphatic imine (C=N–C) groups is 1. The molecule has 1 N–H and O–H groups in total. The molecule has 0 atom stereocenters. The summed E-state index contributed by atoms with van der Waals surface area (Å²) in [4.78, 5) is 17.5.